The maximum Gasteiger partial charge on any atom is 0.262 e. The van der Waals surface area contributed by atoms with E-state index in [2.05, 4.69) is 21.2 Å². The van der Waals surface area contributed by atoms with Crippen LogP contribution in [0.25, 0.3) is 0 Å². The molecule has 0 saturated heterocycles. The van der Waals surface area contributed by atoms with Crippen LogP contribution in [0.3, 0.4) is 0 Å². The zero-order valence-corrected chi connectivity index (χ0v) is 11.1. The summed E-state index contributed by atoms with van der Waals surface area (Å²) >= 11 is 4.68. The minimum atomic E-state index is -0.277. The first-order chi connectivity index (χ1) is 8.16. The van der Waals surface area contributed by atoms with Crippen molar-refractivity contribution < 1.29 is 9.18 Å². The monoisotopic (exact) mass is 313 g/mol. The molecule has 0 saturated carbocycles. The van der Waals surface area contributed by atoms with Crippen LogP contribution in [0.4, 0.5) is 4.39 Å². The molecule has 1 aromatic heterocycles. The van der Waals surface area contributed by atoms with Gasteiger partial charge in [-0.15, -0.1) is 11.3 Å². The molecule has 0 fully saturated rings. The summed E-state index contributed by atoms with van der Waals surface area (Å²) in [6.45, 7) is 0.392. The molecule has 0 unspecified atom stereocenters. The second kappa shape index (κ2) is 5.42. The molecule has 88 valence electrons. The van der Waals surface area contributed by atoms with Crippen LogP contribution >= 0.6 is 27.3 Å². The summed E-state index contributed by atoms with van der Waals surface area (Å²) in [5.41, 5.74) is 0.868. The molecule has 2 aromatic rings. The van der Waals surface area contributed by atoms with E-state index in [1.54, 1.807) is 12.1 Å². The van der Waals surface area contributed by atoms with Crippen molar-refractivity contribution in [3.8, 4) is 0 Å². The first kappa shape index (κ1) is 12.3. The van der Waals surface area contributed by atoms with Gasteiger partial charge < -0.3 is 5.32 Å². The Morgan fingerprint density at radius 2 is 2.00 bits per heavy atom. The summed E-state index contributed by atoms with van der Waals surface area (Å²) in [5.74, 6) is -0.405. The quantitative estimate of drug-likeness (QED) is 0.922. The molecule has 1 N–H and O–H groups in total. The molecule has 0 aliphatic heterocycles. The lowest BCUT2D eigenvalue weighted by Crippen LogP contribution is -2.22. The largest absolute Gasteiger partial charge is 0.347 e. The van der Waals surface area contributed by atoms with Crippen LogP contribution in [0.1, 0.15) is 15.2 Å². The molecule has 0 radical (unpaired) electrons. The van der Waals surface area contributed by atoms with Gasteiger partial charge >= 0.3 is 0 Å². The van der Waals surface area contributed by atoms with Gasteiger partial charge in [0.05, 0.1) is 0 Å². The Kier molecular flexibility index (Phi) is 3.91. The number of thiophene rings is 1. The maximum atomic E-state index is 12.7. The fraction of sp³-hybridized carbons (Fsp3) is 0.0833. The van der Waals surface area contributed by atoms with Crippen molar-refractivity contribution in [1.29, 1.82) is 0 Å². The van der Waals surface area contributed by atoms with Gasteiger partial charge in [-0.25, -0.2) is 4.39 Å². The Hall–Kier alpha value is -1.20. The van der Waals surface area contributed by atoms with Crippen molar-refractivity contribution >= 4 is 33.2 Å². The smallest absolute Gasteiger partial charge is 0.262 e. The van der Waals surface area contributed by atoms with Crippen LogP contribution in [0.2, 0.25) is 0 Å². The first-order valence-corrected chi connectivity index (χ1v) is 6.60. The number of hydrogen-bond donors (Lipinski definition) is 1. The highest BCUT2D eigenvalue weighted by Gasteiger charge is 2.10. The molecule has 1 amide bonds. The van der Waals surface area contributed by atoms with Gasteiger partial charge in [0.2, 0.25) is 0 Å². The molecular weight excluding hydrogens is 305 g/mol. The van der Waals surface area contributed by atoms with Crippen molar-refractivity contribution in [3.63, 3.8) is 0 Å². The zero-order chi connectivity index (χ0) is 12.3. The van der Waals surface area contributed by atoms with Gasteiger partial charge in [-0.1, -0.05) is 12.1 Å². The van der Waals surface area contributed by atoms with Crippen LogP contribution in [-0.2, 0) is 6.54 Å². The number of hydrogen-bond acceptors (Lipinski definition) is 2. The van der Waals surface area contributed by atoms with Gasteiger partial charge in [-0.2, -0.15) is 0 Å². The highest BCUT2D eigenvalue weighted by molar-refractivity contribution is 9.10. The number of carbonyl (C=O) groups is 1. The van der Waals surface area contributed by atoms with Gasteiger partial charge in [-0.3, -0.25) is 4.79 Å². The Labute approximate surface area is 111 Å². The van der Waals surface area contributed by atoms with E-state index >= 15 is 0 Å². The number of rotatable bonds is 3. The molecule has 17 heavy (non-hydrogen) atoms. The number of amides is 1. The number of nitrogens with one attached hydrogen (secondary N) is 1. The van der Waals surface area contributed by atoms with Gasteiger partial charge in [-0.05, 0) is 45.1 Å². The van der Waals surface area contributed by atoms with Crippen molar-refractivity contribution in [1.82, 2.24) is 5.32 Å². The van der Waals surface area contributed by atoms with Crippen LogP contribution in [0.5, 0.6) is 0 Å². The first-order valence-electron chi connectivity index (χ1n) is 4.92. The Bertz CT molecular complexity index is 524. The minimum Gasteiger partial charge on any atom is -0.347 e. The lowest BCUT2D eigenvalue weighted by atomic mass is 10.2. The molecule has 1 heterocycles. The van der Waals surface area contributed by atoms with E-state index in [0.29, 0.717) is 11.4 Å². The van der Waals surface area contributed by atoms with E-state index in [1.807, 2.05) is 11.4 Å². The van der Waals surface area contributed by atoms with E-state index in [9.17, 15) is 9.18 Å². The standard InChI is InChI=1S/C12H9BrFNOS/c13-10-5-6-17-11(10)12(16)15-7-8-1-3-9(14)4-2-8/h1-6H,7H2,(H,15,16). The molecule has 0 bridgehead atoms. The van der Waals surface area contributed by atoms with Gasteiger partial charge in [0, 0.05) is 11.0 Å². The van der Waals surface area contributed by atoms with Crippen LogP contribution in [0.15, 0.2) is 40.2 Å². The van der Waals surface area contributed by atoms with Gasteiger partial charge in [0.15, 0.2) is 0 Å². The predicted octanol–water partition coefficient (Wildman–Crippen LogP) is 3.58. The fourth-order valence-electron chi connectivity index (χ4n) is 1.32. The maximum absolute atomic E-state index is 12.7. The molecule has 0 spiro atoms. The molecule has 0 aliphatic carbocycles. The van der Waals surface area contributed by atoms with Crippen molar-refractivity contribution in [3.05, 3.63) is 56.4 Å². The zero-order valence-electron chi connectivity index (χ0n) is 8.74. The van der Waals surface area contributed by atoms with Crippen molar-refractivity contribution in [2.45, 2.75) is 6.54 Å². The second-order valence-electron chi connectivity index (χ2n) is 3.41. The van der Waals surface area contributed by atoms with Crippen LogP contribution in [0, 0.1) is 5.82 Å². The Balaban J connectivity index is 1.97. The molecular formula is C12H9BrFNOS. The Morgan fingerprint density at radius 1 is 1.29 bits per heavy atom. The Morgan fingerprint density at radius 3 is 2.59 bits per heavy atom. The summed E-state index contributed by atoms with van der Waals surface area (Å²) < 4.78 is 13.5. The third-order valence-corrected chi connectivity index (χ3v) is 4.03. The summed E-state index contributed by atoms with van der Waals surface area (Å²) in [6, 6.07) is 7.89. The average Bonchev–Trinajstić information content (AvgIpc) is 2.74. The van der Waals surface area contributed by atoms with Crippen molar-refractivity contribution in [2.75, 3.05) is 0 Å². The second-order valence-corrected chi connectivity index (χ2v) is 5.18. The summed E-state index contributed by atoms with van der Waals surface area (Å²) in [6.07, 6.45) is 0. The molecule has 1 aromatic carbocycles. The lowest BCUT2D eigenvalue weighted by molar-refractivity contribution is 0.0954. The van der Waals surface area contributed by atoms with E-state index in [0.717, 1.165) is 10.0 Å². The topological polar surface area (TPSA) is 29.1 Å². The predicted molar refractivity (Wildman–Crippen MR) is 69.6 cm³/mol. The fourth-order valence-corrected chi connectivity index (χ4v) is 2.79. The van der Waals surface area contributed by atoms with E-state index in [1.165, 1.54) is 23.5 Å². The molecule has 0 aliphatic rings. The molecule has 0 atom stereocenters. The summed E-state index contributed by atoms with van der Waals surface area (Å²) in [7, 11) is 0. The molecule has 5 heteroatoms. The van der Waals surface area contributed by atoms with E-state index in [-0.39, 0.29) is 11.7 Å². The van der Waals surface area contributed by atoms with E-state index in [4.69, 9.17) is 0 Å². The summed E-state index contributed by atoms with van der Waals surface area (Å²) in [5, 5.41) is 4.62. The van der Waals surface area contributed by atoms with Gasteiger partial charge in [0.1, 0.15) is 10.7 Å². The van der Waals surface area contributed by atoms with E-state index < -0.39 is 0 Å². The third-order valence-electron chi connectivity index (χ3n) is 2.19. The normalized spacial score (nSPS) is 10.2. The van der Waals surface area contributed by atoms with Crippen LogP contribution < -0.4 is 5.32 Å². The SMILES string of the molecule is O=C(NCc1ccc(F)cc1)c1sccc1Br. The van der Waals surface area contributed by atoms with Crippen molar-refractivity contribution in [2.24, 2.45) is 0 Å². The summed E-state index contributed by atoms with van der Waals surface area (Å²) in [4.78, 5) is 12.4. The number of benzene rings is 1. The van der Waals surface area contributed by atoms with Gasteiger partial charge in [0.25, 0.3) is 5.91 Å². The lowest BCUT2D eigenvalue weighted by Gasteiger charge is -2.04. The highest BCUT2D eigenvalue weighted by Crippen LogP contribution is 2.22. The number of halogens is 2. The number of carbonyl (C=O) groups excluding carboxylic acids is 1. The average molecular weight is 314 g/mol. The third kappa shape index (κ3) is 3.14. The minimum absolute atomic E-state index is 0.129. The molecule has 2 nitrogen and oxygen atoms in total. The van der Waals surface area contributed by atoms with Crippen LogP contribution in [-0.4, -0.2) is 5.91 Å². The highest BCUT2D eigenvalue weighted by atomic mass is 79.9. The molecule has 2 rings (SSSR count).